The van der Waals surface area contributed by atoms with Crippen LogP contribution in [-0.2, 0) is 4.79 Å². The second-order valence-corrected chi connectivity index (χ2v) is 7.90. The Labute approximate surface area is 187 Å². The van der Waals surface area contributed by atoms with E-state index in [1.165, 1.54) is 11.8 Å². The van der Waals surface area contributed by atoms with Gasteiger partial charge in [-0.25, -0.2) is 0 Å². The van der Waals surface area contributed by atoms with Crippen molar-refractivity contribution in [1.82, 2.24) is 19.7 Å². The second kappa shape index (κ2) is 9.30. The van der Waals surface area contributed by atoms with Crippen molar-refractivity contribution in [1.29, 1.82) is 0 Å². The monoisotopic (exact) mass is 455 g/mol. The van der Waals surface area contributed by atoms with E-state index >= 15 is 0 Å². The van der Waals surface area contributed by atoms with Gasteiger partial charge in [-0.2, -0.15) is 0 Å². The third-order valence-electron chi connectivity index (χ3n) is 4.15. The molecule has 9 heteroatoms. The maximum absolute atomic E-state index is 12.5. The van der Waals surface area contributed by atoms with E-state index in [9.17, 15) is 4.79 Å². The molecule has 2 aromatic carbocycles. The summed E-state index contributed by atoms with van der Waals surface area (Å²) in [5.41, 5.74) is 2.17. The van der Waals surface area contributed by atoms with E-state index in [0.717, 1.165) is 11.3 Å². The average molecular weight is 456 g/mol. The lowest BCUT2D eigenvalue weighted by Crippen LogP contribution is -2.15. The largest absolute Gasteiger partial charge is 0.323 e. The van der Waals surface area contributed by atoms with Gasteiger partial charge in [-0.05, 0) is 36.4 Å². The fourth-order valence-corrected chi connectivity index (χ4v) is 4.03. The van der Waals surface area contributed by atoms with Gasteiger partial charge in [-0.15, -0.1) is 10.2 Å². The van der Waals surface area contributed by atoms with Crippen LogP contribution in [0.1, 0.15) is 0 Å². The number of rotatable bonds is 6. The normalized spacial score (nSPS) is 10.7. The molecule has 30 heavy (non-hydrogen) atoms. The van der Waals surface area contributed by atoms with Crippen molar-refractivity contribution in [2.24, 2.45) is 0 Å². The first kappa shape index (κ1) is 20.4. The Kier molecular flexibility index (Phi) is 6.32. The summed E-state index contributed by atoms with van der Waals surface area (Å²) in [4.78, 5) is 16.6. The SMILES string of the molecule is O=C(CSc1nnc(-c2ccncc2)n1-c1ccccc1)Nc1c(Cl)cccc1Cl. The maximum atomic E-state index is 12.5. The van der Waals surface area contributed by atoms with E-state index in [-0.39, 0.29) is 11.7 Å². The number of hydrogen-bond donors (Lipinski definition) is 1. The molecule has 0 radical (unpaired) electrons. The van der Waals surface area contributed by atoms with Gasteiger partial charge in [0.1, 0.15) is 0 Å². The Bertz CT molecular complexity index is 1150. The first-order valence-electron chi connectivity index (χ1n) is 8.91. The standard InChI is InChI=1S/C21H15Cl2N5OS/c22-16-7-4-8-17(23)19(16)25-18(29)13-30-21-27-26-20(14-9-11-24-12-10-14)28(21)15-5-2-1-3-6-15/h1-12H,13H2,(H,25,29). The highest BCUT2D eigenvalue weighted by Gasteiger charge is 2.18. The minimum atomic E-state index is -0.247. The summed E-state index contributed by atoms with van der Waals surface area (Å²) in [6.07, 6.45) is 3.40. The topological polar surface area (TPSA) is 72.7 Å². The van der Waals surface area contributed by atoms with E-state index in [1.54, 1.807) is 30.6 Å². The molecule has 0 bridgehead atoms. The summed E-state index contributed by atoms with van der Waals surface area (Å²) in [5, 5.41) is 12.8. The molecule has 0 spiro atoms. The molecular weight excluding hydrogens is 441 g/mol. The molecule has 2 aromatic heterocycles. The van der Waals surface area contributed by atoms with Gasteiger partial charge in [-0.3, -0.25) is 14.3 Å². The zero-order chi connectivity index (χ0) is 20.9. The molecule has 0 aliphatic carbocycles. The molecular formula is C21H15Cl2N5OS. The van der Waals surface area contributed by atoms with Crippen LogP contribution >= 0.6 is 35.0 Å². The number of thioether (sulfide) groups is 1. The molecule has 0 aliphatic heterocycles. The van der Waals surface area contributed by atoms with Crippen LogP contribution in [0.2, 0.25) is 10.0 Å². The van der Waals surface area contributed by atoms with Crippen molar-refractivity contribution < 1.29 is 4.79 Å². The van der Waals surface area contributed by atoms with Crippen LogP contribution in [0.3, 0.4) is 0 Å². The predicted octanol–water partition coefficient (Wildman–Crippen LogP) is 5.37. The smallest absolute Gasteiger partial charge is 0.234 e. The van der Waals surface area contributed by atoms with Gasteiger partial charge in [0.2, 0.25) is 5.91 Å². The van der Waals surface area contributed by atoms with Crippen LogP contribution in [0.15, 0.2) is 78.2 Å². The predicted molar refractivity (Wildman–Crippen MR) is 120 cm³/mol. The lowest BCUT2D eigenvalue weighted by atomic mass is 10.2. The molecule has 0 unspecified atom stereocenters. The van der Waals surface area contributed by atoms with Gasteiger partial charge in [0, 0.05) is 23.6 Å². The Morgan fingerprint density at radius 1 is 0.933 bits per heavy atom. The number of para-hydroxylation sites is 2. The van der Waals surface area contributed by atoms with E-state index in [0.29, 0.717) is 26.7 Å². The zero-order valence-corrected chi connectivity index (χ0v) is 17.8. The van der Waals surface area contributed by atoms with Crippen LogP contribution in [-0.4, -0.2) is 31.4 Å². The van der Waals surface area contributed by atoms with Gasteiger partial charge < -0.3 is 5.32 Å². The van der Waals surface area contributed by atoms with E-state index in [2.05, 4.69) is 20.5 Å². The first-order chi connectivity index (χ1) is 14.6. The molecule has 6 nitrogen and oxygen atoms in total. The summed E-state index contributed by atoms with van der Waals surface area (Å²) in [6.45, 7) is 0. The van der Waals surface area contributed by atoms with Crippen molar-refractivity contribution in [3.63, 3.8) is 0 Å². The number of hydrogen-bond acceptors (Lipinski definition) is 5. The van der Waals surface area contributed by atoms with Crippen molar-refractivity contribution in [3.05, 3.63) is 83.1 Å². The Morgan fingerprint density at radius 3 is 2.33 bits per heavy atom. The average Bonchev–Trinajstić information content (AvgIpc) is 3.20. The molecule has 0 atom stereocenters. The number of nitrogens with zero attached hydrogens (tertiary/aromatic N) is 4. The molecule has 0 saturated carbocycles. The first-order valence-corrected chi connectivity index (χ1v) is 10.7. The van der Waals surface area contributed by atoms with E-state index in [4.69, 9.17) is 23.2 Å². The van der Waals surface area contributed by atoms with Crippen LogP contribution in [0, 0.1) is 0 Å². The van der Waals surface area contributed by atoms with E-state index in [1.807, 2.05) is 47.0 Å². The highest BCUT2D eigenvalue weighted by molar-refractivity contribution is 7.99. The third-order valence-corrected chi connectivity index (χ3v) is 5.70. The molecule has 4 aromatic rings. The van der Waals surface area contributed by atoms with Gasteiger partial charge in [0.25, 0.3) is 0 Å². The van der Waals surface area contributed by atoms with Gasteiger partial charge in [0.15, 0.2) is 11.0 Å². The number of pyridine rings is 1. The molecule has 4 rings (SSSR count). The number of amides is 1. The Hall–Kier alpha value is -2.87. The highest BCUT2D eigenvalue weighted by Crippen LogP contribution is 2.31. The van der Waals surface area contributed by atoms with Crippen LogP contribution < -0.4 is 5.32 Å². The molecule has 1 N–H and O–H groups in total. The maximum Gasteiger partial charge on any atom is 0.234 e. The van der Waals surface area contributed by atoms with E-state index < -0.39 is 0 Å². The van der Waals surface area contributed by atoms with Crippen LogP contribution in [0.5, 0.6) is 0 Å². The highest BCUT2D eigenvalue weighted by atomic mass is 35.5. The molecule has 1 amide bonds. The summed E-state index contributed by atoms with van der Waals surface area (Å²) >= 11 is 13.5. The zero-order valence-electron chi connectivity index (χ0n) is 15.5. The lowest BCUT2D eigenvalue weighted by molar-refractivity contribution is -0.113. The lowest BCUT2D eigenvalue weighted by Gasteiger charge is -2.11. The second-order valence-electron chi connectivity index (χ2n) is 6.15. The number of benzene rings is 2. The minimum Gasteiger partial charge on any atom is -0.323 e. The Morgan fingerprint density at radius 2 is 1.63 bits per heavy atom. The fraction of sp³-hybridized carbons (Fsp3) is 0.0476. The van der Waals surface area contributed by atoms with Gasteiger partial charge in [-0.1, -0.05) is 59.2 Å². The molecule has 0 fully saturated rings. The van der Waals surface area contributed by atoms with Crippen LogP contribution in [0.4, 0.5) is 5.69 Å². The summed E-state index contributed by atoms with van der Waals surface area (Å²) in [6, 6.07) is 18.5. The number of carbonyl (C=O) groups is 1. The summed E-state index contributed by atoms with van der Waals surface area (Å²) in [5.74, 6) is 0.534. The van der Waals surface area contributed by atoms with Crippen molar-refractivity contribution in [2.45, 2.75) is 5.16 Å². The third kappa shape index (κ3) is 4.48. The van der Waals surface area contributed by atoms with Crippen molar-refractivity contribution in [2.75, 3.05) is 11.1 Å². The number of nitrogens with one attached hydrogen (secondary N) is 1. The molecule has 0 aliphatic rings. The number of anilines is 1. The number of halogens is 2. The quantitative estimate of drug-likeness (QED) is 0.395. The fourth-order valence-electron chi connectivity index (χ4n) is 2.78. The molecule has 0 saturated heterocycles. The number of carbonyl (C=O) groups excluding carboxylic acids is 1. The summed E-state index contributed by atoms with van der Waals surface area (Å²) in [7, 11) is 0. The minimum absolute atomic E-state index is 0.114. The van der Waals surface area contributed by atoms with Crippen LogP contribution in [0.25, 0.3) is 17.1 Å². The van der Waals surface area contributed by atoms with Gasteiger partial charge >= 0.3 is 0 Å². The molecule has 2 heterocycles. The molecule has 150 valence electrons. The Balaban J connectivity index is 1.59. The summed E-state index contributed by atoms with van der Waals surface area (Å²) < 4.78 is 1.91. The van der Waals surface area contributed by atoms with Gasteiger partial charge in [0.05, 0.1) is 21.5 Å². The van der Waals surface area contributed by atoms with Crippen molar-refractivity contribution in [3.8, 4) is 17.1 Å². The van der Waals surface area contributed by atoms with Crippen molar-refractivity contribution >= 4 is 46.6 Å². The number of aromatic nitrogens is 4.